The van der Waals surface area contributed by atoms with Crippen molar-refractivity contribution in [2.75, 3.05) is 11.0 Å². The van der Waals surface area contributed by atoms with Crippen LogP contribution in [0.25, 0.3) is 0 Å². The van der Waals surface area contributed by atoms with Crippen LogP contribution in [0, 0.1) is 6.92 Å². The molecule has 5 nitrogen and oxygen atoms in total. The molecule has 1 amide bonds. The van der Waals surface area contributed by atoms with E-state index in [-0.39, 0.29) is 11.9 Å². The predicted octanol–water partition coefficient (Wildman–Crippen LogP) is 1.89. The lowest BCUT2D eigenvalue weighted by Crippen LogP contribution is -2.32. The van der Waals surface area contributed by atoms with Gasteiger partial charge >= 0.3 is 0 Å². The molecule has 0 aliphatic rings. The lowest BCUT2D eigenvalue weighted by Gasteiger charge is -2.13. The van der Waals surface area contributed by atoms with Crippen LogP contribution in [0.15, 0.2) is 18.2 Å². The average molecular weight is 284 g/mol. The van der Waals surface area contributed by atoms with Crippen LogP contribution in [0.5, 0.6) is 0 Å². The highest BCUT2D eigenvalue weighted by atomic mass is 32.2. The highest BCUT2D eigenvalue weighted by molar-refractivity contribution is 7.92. The summed E-state index contributed by atoms with van der Waals surface area (Å²) in [5.74, 6) is -0.203. The molecule has 0 heterocycles. The number of hydrogen-bond acceptors (Lipinski definition) is 3. The smallest absolute Gasteiger partial charge is 0.251 e. The van der Waals surface area contributed by atoms with Gasteiger partial charge in [0.2, 0.25) is 10.0 Å². The Morgan fingerprint density at radius 2 is 2.00 bits per heavy atom. The van der Waals surface area contributed by atoms with Crippen LogP contribution in [0.1, 0.15) is 36.2 Å². The second-order valence-electron chi connectivity index (χ2n) is 4.69. The maximum absolute atomic E-state index is 12.0. The van der Waals surface area contributed by atoms with Gasteiger partial charge in [0.25, 0.3) is 5.91 Å². The minimum atomic E-state index is -3.35. The molecule has 0 fully saturated rings. The first-order valence-electron chi connectivity index (χ1n) is 6.12. The third-order valence-corrected chi connectivity index (χ3v) is 3.38. The molecule has 0 aromatic heterocycles. The van der Waals surface area contributed by atoms with E-state index in [1.54, 1.807) is 25.1 Å². The maximum Gasteiger partial charge on any atom is 0.251 e. The molecule has 0 saturated carbocycles. The quantitative estimate of drug-likeness (QED) is 0.867. The number of carbonyl (C=O) groups is 1. The normalized spacial score (nSPS) is 12.8. The van der Waals surface area contributed by atoms with Crippen LogP contribution in [-0.2, 0) is 10.0 Å². The number of amides is 1. The molecule has 1 unspecified atom stereocenters. The highest BCUT2D eigenvalue weighted by Crippen LogP contribution is 2.18. The molecule has 0 aliphatic carbocycles. The summed E-state index contributed by atoms with van der Waals surface area (Å²) in [6.07, 6.45) is 1.92. The number of carbonyl (C=O) groups excluding carboxylic acids is 1. The molecular formula is C13H20N2O3S. The molecule has 0 saturated heterocycles. The minimum Gasteiger partial charge on any atom is -0.350 e. The lowest BCUT2D eigenvalue weighted by molar-refractivity contribution is 0.0939. The predicted molar refractivity (Wildman–Crippen MR) is 76.9 cm³/mol. The molecule has 0 spiro atoms. The first-order chi connectivity index (χ1) is 8.73. The van der Waals surface area contributed by atoms with E-state index in [0.29, 0.717) is 11.3 Å². The molecule has 0 aliphatic heterocycles. The van der Waals surface area contributed by atoms with Crippen molar-refractivity contribution in [3.05, 3.63) is 29.3 Å². The fourth-order valence-corrected chi connectivity index (χ4v) is 2.10. The summed E-state index contributed by atoms with van der Waals surface area (Å²) in [6.45, 7) is 5.68. The van der Waals surface area contributed by atoms with Gasteiger partial charge in [0, 0.05) is 11.6 Å². The Bertz CT molecular complexity index is 567. The molecule has 2 N–H and O–H groups in total. The average Bonchev–Trinajstić information content (AvgIpc) is 2.29. The molecule has 1 rings (SSSR count). The third-order valence-electron chi connectivity index (χ3n) is 2.78. The molecule has 106 valence electrons. The largest absolute Gasteiger partial charge is 0.350 e. The zero-order valence-corrected chi connectivity index (χ0v) is 12.5. The van der Waals surface area contributed by atoms with Gasteiger partial charge < -0.3 is 5.32 Å². The Hall–Kier alpha value is -1.56. The van der Waals surface area contributed by atoms with Gasteiger partial charge in [0.05, 0.1) is 11.9 Å². The van der Waals surface area contributed by atoms with Gasteiger partial charge in [-0.1, -0.05) is 13.0 Å². The summed E-state index contributed by atoms with van der Waals surface area (Å²) in [4.78, 5) is 12.0. The van der Waals surface area contributed by atoms with Gasteiger partial charge in [-0.15, -0.1) is 0 Å². The Kier molecular flexibility index (Phi) is 4.94. The Morgan fingerprint density at radius 1 is 1.37 bits per heavy atom. The van der Waals surface area contributed by atoms with Crippen molar-refractivity contribution in [3.63, 3.8) is 0 Å². The first kappa shape index (κ1) is 15.5. The van der Waals surface area contributed by atoms with Gasteiger partial charge in [-0.3, -0.25) is 9.52 Å². The Morgan fingerprint density at radius 3 is 2.53 bits per heavy atom. The molecule has 0 bridgehead atoms. The summed E-state index contributed by atoms with van der Waals surface area (Å²) >= 11 is 0. The van der Waals surface area contributed by atoms with E-state index in [1.165, 1.54) is 0 Å². The van der Waals surface area contributed by atoms with E-state index in [1.807, 2.05) is 13.8 Å². The second kappa shape index (κ2) is 6.06. The van der Waals surface area contributed by atoms with Gasteiger partial charge in [-0.05, 0) is 38.0 Å². The number of rotatable bonds is 5. The van der Waals surface area contributed by atoms with Crippen molar-refractivity contribution < 1.29 is 13.2 Å². The molecule has 0 radical (unpaired) electrons. The van der Waals surface area contributed by atoms with E-state index in [2.05, 4.69) is 10.0 Å². The number of hydrogen-bond donors (Lipinski definition) is 2. The summed E-state index contributed by atoms with van der Waals surface area (Å²) < 4.78 is 24.9. The molecule has 19 heavy (non-hydrogen) atoms. The topological polar surface area (TPSA) is 75.3 Å². The summed E-state index contributed by atoms with van der Waals surface area (Å²) in [7, 11) is -3.35. The van der Waals surface area contributed by atoms with Crippen molar-refractivity contribution in [1.29, 1.82) is 0 Å². The van der Waals surface area contributed by atoms with Crippen LogP contribution in [0.4, 0.5) is 5.69 Å². The summed E-state index contributed by atoms with van der Waals surface area (Å²) in [5.41, 5.74) is 1.64. The van der Waals surface area contributed by atoms with Crippen molar-refractivity contribution >= 4 is 21.6 Å². The highest BCUT2D eigenvalue weighted by Gasteiger charge is 2.12. The number of benzene rings is 1. The lowest BCUT2D eigenvalue weighted by atomic mass is 10.1. The Labute approximate surface area is 114 Å². The standard InChI is InChI=1S/C13H20N2O3S/c1-5-10(3)14-13(16)11-7-6-9(2)12(8-11)15-19(4,17)18/h6-8,10,15H,5H2,1-4H3,(H,14,16). The third kappa shape index (κ3) is 4.90. The second-order valence-corrected chi connectivity index (χ2v) is 6.44. The van der Waals surface area contributed by atoms with Crippen molar-refractivity contribution in [2.24, 2.45) is 0 Å². The Balaban J connectivity index is 2.99. The van der Waals surface area contributed by atoms with E-state index < -0.39 is 10.0 Å². The van der Waals surface area contributed by atoms with E-state index in [4.69, 9.17) is 0 Å². The first-order valence-corrected chi connectivity index (χ1v) is 8.01. The van der Waals surface area contributed by atoms with E-state index in [9.17, 15) is 13.2 Å². The zero-order chi connectivity index (χ0) is 14.6. The number of aryl methyl sites for hydroxylation is 1. The van der Waals surface area contributed by atoms with Crippen molar-refractivity contribution in [3.8, 4) is 0 Å². The fourth-order valence-electron chi connectivity index (χ4n) is 1.48. The number of nitrogens with one attached hydrogen (secondary N) is 2. The maximum atomic E-state index is 12.0. The van der Waals surface area contributed by atoms with Crippen LogP contribution >= 0.6 is 0 Å². The molecule has 1 aromatic rings. The molecular weight excluding hydrogens is 264 g/mol. The summed E-state index contributed by atoms with van der Waals surface area (Å²) in [6, 6.07) is 5.04. The summed E-state index contributed by atoms with van der Waals surface area (Å²) in [5, 5.41) is 2.84. The van der Waals surface area contributed by atoms with E-state index in [0.717, 1.165) is 18.2 Å². The van der Waals surface area contributed by atoms with Crippen LogP contribution in [0.3, 0.4) is 0 Å². The van der Waals surface area contributed by atoms with Crippen molar-refractivity contribution in [1.82, 2.24) is 5.32 Å². The zero-order valence-electron chi connectivity index (χ0n) is 11.6. The minimum absolute atomic E-state index is 0.0834. The van der Waals surface area contributed by atoms with Crippen LogP contribution in [-0.4, -0.2) is 26.6 Å². The molecule has 1 atom stereocenters. The van der Waals surface area contributed by atoms with Gasteiger partial charge in [-0.2, -0.15) is 0 Å². The monoisotopic (exact) mass is 284 g/mol. The van der Waals surface area contributed by atoms with E-state index >= 15 is 0 Å². The SMILES string of the molecule is CCC(C)NC(=O)c1ccc(C)c(NS(C)(=O)=O)c1. The molecule has 1 aromatic carbocycles. The van der Waals surface area contributed by atoms with Crippen molar-refractivity contribution in [2.45, 2.75) is 33.2 Å². The van der Waals surface area contributed by atoms with Gasteiger partial charge in [0.15, 0.2) is 0 Å². The molecule has 6 heteroatoms. The van der Waals surface area contributed by atoms with Gasteiger partial charge in [0.1, 0.15) is 0 Å². The van der Waals surface area contributed by atoms with Crippen LogP contribution < -0.4 is 10.0 Å². The number of sulfonamides is 1. The fraction of sp³-hybridized carbons (Fsp3) is 0.462. The number of anilines is 1. The van der Waals surface area contributed by atoms with Gasteiger partial charge in [-0.25, -0.2) is 8.42 Å². The van der Waals surface area contributed by atoms with Crippen LogP contribution in [0.2, 0.25) is 0 Å².